The summed E-state index contributed by atoms with van der Waals surface area (Å²) in [4.78, 5) is 13.8. The van der Waals surface area contributed by atoms with Gasteiger partial charge in [-0.25, -0.2) is 13.2 Å². The van der Waals surface area contributed by atoms with Gasteiger partial charge in [0.2, 0.25) is 10.0 Å². The molecule has 0 spiro atoms. The average molecular weight is 337 g/mol. The quantitative estimate of drug-likeness (QED) is 0.901. The Hall–Kier alpha value is -1.60. The summed E-state index contributed by atoms with van der Waals surface area (Å²) in [6.07, 6.45) is 3.11. The first-order valence-corrected chi connectivity index (χ1v) is 9.61. The summed E-state index contributed by atoms with van der Waals surface area (Å²) in [5.74, 6) is 0. The molecule has 126 valence electrons. The summed E-state index contributed by atoms with van der Waals surface area (Å²) in [7, 11) is -3.47. The molecule has 0 bridgehead atoms. The van der Waals surface area contributed by atoms with Crippen LogP contribution in [0.3, 0.4) is 0 Å². The van der Waals surface area contributed by atoms with E-state index in [2.05, 4.69) is 5.32 Å². The monoisotopic (exact) mass is 337 g/mol. The van der Waals surface area contributed by atoms with Gasteiger partial charge in [-0.1, -0.05) is 6.07 Å². The number of nitrogens with one attached hydrogen (secondary N) is 1. The van der Waals surface area contributed by atoms with E-state index in [0.29, 0.717) is 37.6 Å². The summed E-state index contributed by atoms with van der Waals surface area (Å²) in [6.45, 7) is 3.98. The van der Waals surface area contributed by atoms with Crippen LogP contribution in [0.1, 0.15) is 24.5 Å². The maximum atomic E-state index is 12.8. The third-order valence-corrected chi connectivity index (χ3v) is 6.46. The van der Waals surface area contributed by atoms with E-state index < -0.39 is 10.0 Å². The van der Waals surface area contributed by atoms with Crippen LogP contribution in [-0.4, -0.2) is 56.4 Å². The van der Waals surface area contributed by atoms with Gasteiger partial charge >= 0.3 is 6.03 Å². The van der Waals surface area contributed by atoms with Gasteiger partial charge in [-0.05, 0) is 49.4 Å². The first-order valence-electron chi connectivity index (χ1n) is 8.17. The topological polar surface area (TPSA) is 69.7 Å². The SMILES string of the molecule is CCNC(=O)N1CCN(S(=O)(=O)c2ccc3c(c2)CCC3)CC1. The molecule has 7 heteroatoms. The summed E-state index contributed by atoms with van der Waals surface area (Å²) < 4.78 is 27.1. The van der Waals surface area contributed by atoms with Crippen molar-refractivity contribution in [1.82, 2.24) is 14.5 Å². The van der Waals surface area contributed by atoms with Crippen molar-refractivity contribution in [3.8, 4) is 0 Å². The molecule has 1 aromatic carbocycles. The molecular weight excluding hydrogens is 314 g/mol. The van der Waals surface area contributed by atoms with Crippen molar-refractivity contribution in [3.63, 3.8) is 0 Å². The Morgan fingerprint density at radius 3 is 2.52 bits per heavy atom. The minimum Gasteiger partial charge on any atom is -0.338 e. The predicted molar refractivity (Wildman–Crippen MR) is 87.9 cm³/mol. The standard InChI is InChI=1S/C16H23N3O3S/c1-2-17-16(20)18-8-10-19(11-9-18)23(21,22)15-7-6-13-4-3-5-14(13)12-15/h6-7,12H,2-5,8-11H2,1H3,(H,17,20). The highest BCUT2D eigenvalue weighted by Gasteiger charge is 2.30. The normalized spacial score (nSPS) is 18.7. The van der Waals surface area contributed by atoms with Gasteiger partial charge in [-0.3, -0.25) is 0 Å². The molecule has 1 fully saturated rings. The number of aryl methyl sites for hydroxylation is 2. The first-order chi connectivity index (χ1) is 11.0. The number of carbonyl (C=O) groups is 1. The first kappa shape index (κ1) is 16.3. The number of sulfonamides is 1. The number of piperazine rings is 1. The van der Waals surface area contributed by atoms with Crippen molar-refractivity contribution in [1.29, 1.82) is 0 Å². The van der Waals surface area contributed by atoms with Crippen molar-refractivity contribution in [2.24, 2.45) is 0 Å². The summed E-state index contributed by atoms with van der Waals surface area (Å²) in [6, 6.07) is 5.37. The zero-order chi connectivity index (χ0) is 16.4. The Kier molecular flexibility index (Phi) is 4.59. The molecule has 0 unspecified atom stereocenters. The lowest BCUT2D eigenvalue weighted by Gasteiger charge is -2.34. The Labute approximate surface area is 137 Å². The van der Waals surface area contributed by atoms with Crippen molar-refractivity contribution < 1.29 is 13.2 Å². The molecule has 1 aromatic rings. The Morgan fingerprint density at radius 2 is 1.83 bits per heavy atom. The molecule has 0 atom stereocenters. The molecule has 2 amide bonds. The van der Waals surface area contributed by atoms with Crippen LogP contribution < -0.4 is 5.32 Å². The molecule has 3 rings (SSSR count). The highest BCUT2D eigenvalue weighted by atomic mass is 32.2. The molecule has 1 aliphatic heterocycles. The minimum atomic E-state index is -3.47. The Bertz CT molecular complexity index is 695. The molecule has 2 aliphatic rings. The van der Waals surface area contributed by atoms with E-state index in [0.717, 1.165) is 24.8 Å². The molecular formula is C16H23N3O3S. The molecule has 1 saturated heterocycles. The van der Waals surface area contributed by atoms with Crippen molar-refractivity contribution in [2.75, 3.05) is 32.7 Å². The lowest BCUT2D eigenvalue weighted by molar-refractivity contribution is 0.173. The maximum absolute atomic E-state index is 12.8. The predicted octanol–water partition coefficient (Wildman–Crippen LogP) is 1.21. The highest BCUT2D eigenvalue weighted by molar-refractivity contribution is 7.89. The molecule has 23 heavy (non-hydrogen) atoms. The van der Waals surface area contributed by atoms with Crippen LogP contribution >= 0.6 is 0 Å². The average Bonchev–Trinajstić information content (AvgIpc) is 3.03. The van der Waals surface area contributed by atoms with Crippen LogP contribution in [0.4, 0.5) is 4.79 Å². The lowest BCUT2D eigenvalue weighted by atomic mass is 10.1. The van der Waals surface area contributed by atoms with Crippen molar-refractivity contribution in [3.05, 3.63) is 29.3 Å². The number of rotatable bonds is 3. The molecule has 6 nitrogen and oxygen atoms in total. The van der Waals surface area contributed by atoms with E-state index in [-0.39, 0.29) is 6.03 Å². The van der Waals surface area contributed by atoms with Crippen molar-refractivity contribution in [2.45, 2.75) is 31.1 Å². The summed E-state index contributed by atoms with van der Waals surface area (Å²) in [5, 5.41) is 2.75. The zero-order valence-electron chi connectivity index (χ0n) is 13.4. The lowest BCUT2D eigenvalue weighted by Crippen LogP contribution is -2.53. The van der Waals surface area contributed by atoms with Gasteiger partial charge in [0.1, 0.15) is 0 Å². The van der Waals surface area contributed by atoms with E-state index in [9.17, 15) is 13.2 Å². The second kappa shape index (κ2) is 6.49. The van der Waals surface area contributed by atoms with E-state index in [1.165, 1.54) is 9.87 Å². The summed E-state index contributed by atoms with van der Waals surface area (Å²) in [5.41, 5.74) is 2.43. The van der Waals surface area contributed by atoms with Gasteiger partial charge in [-0.2, -0.15) is 4.31 Å². The molecule has 1 heterocycles. The number of urea groups is 1. The fourth-order valence-corrected chi connectivity index (χ4v) is 4.73. The van der Waals surface area contributed by atoms with Gasteiger partial charge in [0.25, 0.3) is 0 Å². The molecule has 1 N–H and O–H groups in total. The number of fused-ring (bicyclic) bond motifs is 1. The van der Waals surface area contributed by atoms with Gasteiger partial charge in [0, 0.05) is 32.7 Å². The number of carbonyl (C=O) groups excluding carboxylic acids is 1. The number of benzene rings is 1. The molecule has 0 radical (unpaired) electrons. The third-order valence-electron chi connectivity index (χ3n) is 4.56. The van der Waals surface area contributed by atoms with E-state index in [1.54, 1.807) is 11.0 Å². The van der Waals surface area contributed by atoms with Crippen LogP contribution in [0, 0.1) is 0 Å². The van der Waals surface area contributed by atoms with E-state index in [1.807, 2.05) is 19.1 Å². The Morgan fingerprint density at radius 1 is 1.13 bits per heavy atom. The van der Waals surface area contributed by atoms with Gasteiger partial charge in [0.05, 0.1) is 4.90 Å². The van der Waals surface area contributed by atoms with Crippen LogP contribution in [0.2, 0.25) is 0 Å². The molecule has 1 aliphatic carbocycles. The molecule has 0 saturated carbocycles. The van der Waals surface area contributed by atoms with Gasteiger partial charge < -0.3 is 10.2 Å². The van der Waals surface area contributed by atoms with Crippen LogP contribution in [-0.2, 0) is 22.9 Å². The number of hydrogen-bond acceptors (Lipinski definition) is 3. The zero-order valence-corrected chi connectivity index (χ0v) is 14.2. The molecule has 0 aromatic heterocycles. The minimum absolute atomic E-state index is 0.123. The van der Waals surface area contributed by atoms with Crippen LogP contribution in [0.5, 0.6) is 0 Å². The van der Waals surface area contributed by atoms with E-state index >= 15 is 0 Å². The largest absolute Gasteiger partial charge is 0.338 e. The van der Waals surface area contributed by atoms with E-state index in [4.69, 9.17) is 0 Å². The second-order valence-electron chi connectivity index (χ2n) is 6.01. The maximum Gasteiger partial charge on any atom is 0.317 e. The highest BCUT2D eigenvalue weighted by Crippen LogP contribution is 2.26. The Balaban J connectivity index is 1.71. The van der Waals surface area contributed by atoms with Gasteiger partial charge in [0.15, 0.2) is 0 Å². The van der Waals surface area contributed by atoms with Crippen molar-refractivity contribution >= 4 is 16.1 Å². The van der Waals surface area contributed by atoms with Gasteiger partial charge in [-0.15, -0.1) is 0 Å². The third kappa shape index (κ3) is 3.21. The number of amides is 2. The number of nitrogens with zero attached hydrogens (tertiary/aromatic N) is 2. The fourth-order valence-electron chi connectivity index (χ4n) is 3.25. The summed E-state index contributed by atoms with van der Waals surface area (Å²) >= 11 is 0. The smallest absolute Gasteiger partial charge is 0.317 e. The number of hydrogen-bond donors (Lipinski definition) is 1. The fraction of sp³-hybridized carbons (Fsp3) is 0.562. The van der Waals surface area contributed by atoms with Crippen LogP contribution in [0.25, 0.3) is 0 Å². The second-order valence-corrected chi connectivity index (χ2v) is 7.95. The van der Waals surface area contributed by atoms with Crippen LogP contribution in [0.15, 0.2) is 23.1 Å².